The molecular formula is C23H23ClN6O3S. The number of halogens is 1. The fourth-order valence-corrected chi connectivity index (χ4v) is 5.66. The lowest BCUT2D eigenvalue weighted by atomic mass is 10.0. The second-order valence-corrected chi connectivity index (χ2v) is 9.57. The Labute approximate surface area is 205 Å². The topological polar surface area (TPSA) is 100 Å². The fourth-order valence-electron chi connectivity index (χ4n) is 4.34. The SMILES string of the molecule is CCc1nc2sc([C@@H](c3ccc([N+](=O)[O-])cc3)N3CCN(c4cccc(Cl)c4)CC3)c(O)n2n1. The van der Waals surface area contributed by atoms with Crippen LogP contribution < -0.4 is 4.90 Å². The standard InChI is InChI=1S/C23H23ClN6O3S/c1-2-19-25-23-29(26-19)22(31)21(34-23)20(15-6-8-17(9-7-15)30(32)33)28-12-10-27(11-13-28)18-5-3-4-16(24)14-18/h3-9,14,20,31H,2,10-13H2,1H3/t20-/m1/s1. The summed E-state index contributed by atoms with van der Waals surface area (Å²) in [4.78, 5) is 21.2. The van der Waals surface area contributed by atoms with Crippen LogP contribution in [0.4, 0.5) is 11.4 Å². The number of nitrogens with zero attached hydrogens (tertiary/aromatic N) is 6. The molecule has 5 rings (SSSR count). The number of hydrogen-bond donors (Lipinski definition) is 1. The second kappa shape index (κ2) is 9.21. The Morgan fingerprint density at radius 1 is 1.18 bits per heavy atom. The Kier molecular flexibility index (Phi) is 6.11. The Morgan fingerprint density at radius 2 is 1.91 bits per heavy atom. The Bertz CT molecular complexity index is 1330. The minimum Gasteiger partial charge on any atom is -0.492 e. The third-order valence-corrected chi connectivity index (χ3v) is 7.39. The largest absolute Gasteiger partial charge is 0.492 e. The van der Waals surface area contributed by atoms with Crippen molar-refractivity contribution >= 4 is 39.3 Å². The molecule has 1 fully saturated rings. The van der Waals surface area contributed by atoms with Crippen molar-refractivity contribution in [2.45, 2.75) is 19.4 Å². The minimum absolute atomic E-state index is 0.0349. The molecule has 1 atom stereocenters. The van der Waals surface area contributed by atoms with Gasteiger partial charge in [0.15, 0.2) is 5.82 Å². The number of nitro groups is 1. The first-order valence-corrected chi connectivity index (χ1v) is 12.2. The Balaban J connectivity index is 1.48. The number of benzene rings is 2. The summed E-state index contributed by atoms with van der Waals surface area (Å²) in [6.45, 7) is 5.01. The van der Waals surface area contributed by atoms with E-state index < -0.39 is 4.92 Å². The maximum atomic E-state index is 11.2. The molecule has 1 saturated heterocycles. The van der Waals surface area contributed by atoms with Gasteiger partial charge in [-0.05, 0) is 23.8 Å². The van der Waals surface area contributed by atoms with Crippen LogP contribution in [0.15, 0.2) is 48.5 Å². The zero-order valence-electron chi connectivity index (χ0n) is 18.5. The van der Waals surface area contributed by atoms with Gasteiger partial charge in [0.25, 0.3) is 5.69 Å². The molecule has 34 heavy (non-hydrogen) atoms. The average Bonchev–Trinajstić information content (AvgIpc) is 3.39. The molecule has 2 aromatic carbocycles. The number of rotatable bonds is 6. The molecule has 3 heterocycles. The van der Waals surface area contributed by atoms with E-state index in [-0.39, 0.29) is 17.6 Å². The highest BCUT2D eigenvalue weighted by Gasteiger charge is 2.32. The van der Waals surface area contributed by atoms with Crippen LogP contribution in [0.3, 0.4) is 0 Å². The molecule has 0 saturated carbocycles. The number of aromatic nitrogens is 3. The van der Waals surface area contributed by atoms with Gasteiger partial charge in [0.05, 0.1) is 15.8 Å². The van der Waals surface area contributed by atoms with Crippen molar-refractivity contribution in [2.75, 3.05) is 31.1 Å². The van der Waals surface area contributed by atoms with E-state index in [0.717, 1.165) is 42.3 Å². The quantitative estimate of drug-likeness (QED) is 0.308. The van der Waals surface area contributed by atoms with Crippen LogP contribution in [-0.2, 0) is 6.42 Å². The summed E-state index contributed by atoms with van der Waals surface area (Å²) in [5, 5.41) is 27.4. The predicted octanol–water partition coefficient (Wildman–Crippen LogP) is 4.53. The second-order valence-electron chi connectivity index (χ2n) is 8.12. The maximum Gasteiger partial charge on any atom is 0.269 e. The van der Waals surface area contributed by atoms with E-state index in [1.165, 1.54) is 28.0 Å². The fraction of sp³-hybridized carbons (Fsp3) is 0.304. The number of nitro benzene ring substituents is 1. The summed E-state index contributed by atoms with van der Waals surface area (Å²) in [7, 11) is 0. The van der Waals surface area contributed by atoms with Gasteiger partial charge >= 0.3 is 0 Å². The highest BCUT2D eigenvalue weighted by atomic mass is 35.5. The van der Waals surface area contributed by atoms with Crippen LogP contribution in [0, 0.1) is 10.1 Å². The Hall–Kier alpha value is -3.21. The maximum absolute atomic E-state index is 11.2. The van der Waals surface area contributed by atoms with E-state index in [2.05, 4.69) is 19.9 Å². The lowest BCUT2D eigenvalue weighted by molar-refractivity contribution is -0.384. The van der Waals surface area contributed by atoms with Gasteiger partial charge in [-0.3, -0.25) is 15.0 Å². The van der Waals surface area contributed by atoms with Gasteiger partial charge in [-0.15, -0.1) is 5.10 Å². The Morgan fingerprint density at radius 3 is 2.53 bits per heavy atom. The summed E-state index contributed by atoms with van der Waals surface area (Å²) in [5.41, 5.74) is 1.98. The zero-order chi connectivity index (χ0) is 23.8. The molecule has 11 heteroatoms. The van der Waals surface area contributed by atoms with Crippen molar-refractivity contribution in [2.24, 2.45) is 0 Å². The lowest BCUT2D eigenvalue weighted by Crippen LogP contribution is -2.47. The molecule has 0 bridgehead atoms. The van der Waals surface area contributed by atoms with Crippen LogP contribution in [0.2, 0.25) is 5.02 Å². The number of piperazine rings is 1. The van der Waals surface area contributed by atoms with Crippen LogP contribution in [-0.4, -0.2) is 55.7 Å². The normalized spacial score (nSPS) is 15.6. The third kappa shape index (κ3) is 4.20. The molecule has 0 spiro atoms. The summed E-state index contributed by atoms with van der Waals surface area (Å²) in [6, 6.07) is 14.1. The molecule has 0 radical (unpaired) electrons. The first-order valence-electron chi connectivity index (χ1n) is 11.0. The molecule has 1 aliphatic heterocycles. The average molecular weight is 499 g/mol. The number of aromatic hydroxyl groups is 1. The van der Waals surface area contributed by atoms with E-state index >= 15 is 0 Å². The first-order chi connectivity index (χ1) is 16.4. The first kappa shape index (κ1) is 22.6. The highest BCUT2D eigenvalue weighted by molar-refractivity contribution is 7.17. The van der Waals surface area contributed by atoms with Crippen molar-refractivity contribution in [3.63, 3.8) is 0 Å². The van der Waals surface area contributed by atoms with Gasteiger partial charge in [0, 0.05) is 55.4 Å². The molecule has 176 valence electrons. The molecule has 4 aromatic rings. The monoisotopic (exact) mass is 498 g/mol. The van der Waals surface area contributed by atoms with Crippen molar-refractivity contribution < 1.29 is 10.0 Å². The molecule has 0 amide bonds. The number of thiazole rings is 1. The van der Waals surface area contributed by atoms with E-state index in [4.69, 9.17) is 11.6 Å². The predicted molar refractivity (Wildman–Crippen MR) is 132 cm³/mol. The van der Waals surface area contributed by atoms with Gasteiger partial charge in [-0.25, -0.2) is 4.98 Å². The summed E-state index contributed by atoms with van der Waals surface area (Å²) >= 11 is 7.58. The van der Waals surface area contributed by atoms with Crippen molar-refractivity contribution in [1.29, 1.82) is 0 Å². The number of anilines is 1. The lowest BCUT2D eigenvalue weighted by Gasteiger charge is -2.40. The summed E-state index contributed by atoms with van der Waals surface area (Å²) < 4.78 is 1.49. The molecule has 9 nitrogen and oxygen atoms in total. The van der Waals surface area contributed by atoms with E-state index in [0.29, 0.717) is 22.2 Å². The van der Waals surface area contributed by atoms with Gasteiger partial charge < -0.3 is 10.0 Å². The van der Waals surface area contributed by atoms with E-state index in [9.17, 15) is 15.2 Å². The van der Waals surface area contributed by atoms with Crippen LogP contribution in [0.5, 0.6) is 5.88 Å². The van der Waals surface area contributed by atoms with Gasteiger partial charge in [-0.1, -0.05) is 48.1 Å². The molecule has 0 unspecified atom stereocenters. The van der Waals surface area contributed by atoms with E-state index in [1.54, 1.807) is 12.1 Å². The van der Waals surface area contributed by atoms with Crippen LogP contribution in [0.1, 0.15) is 29.2 Å². The van der Waals surface area contributed by atoms with Crippen molar-refractivity contribution in [3.05, 3.63) is 79.9 Å². The molecular weight excluding hydrogens is 476 g/mol. The van der Waals surface area contributed by atoms with Crippen molar-refractivity contribution in [3.8, 4) is 5.88 Å². The molecule has 0 aliphatic carbocycles. The van der Waals surface area contributed by atoms with Gasteiger partial charge in [-0.2, -0.15) is 4.52 Å². The summed E-state index contributed by atoms with van der Waals surface area (Å²) in [6.07, 6.45) is 0.681. The summed E-state index contributed by atoms with van der Waals surface area (Å²) in [5.74, 6) is 0.739. The van der Waals surface area contributed by atoms with E-state index in [1.807, 2.05) is 31.2 Å². The van der Waals surface area contributed by atoms with Crippen LogP contribution >= 0.6 is 22.9 Å². The van der Waals surface area contributed by atoms with Gasteiger partial charge in [0.1, 0.15) is 0 Å². The molecule has 1 N–H and O–H groups in total. The zero-order valence-corrected chi connectivity index (χ0v) is 20.0. The number of non-ortho nitro benzene ring substituents is 1. The molecule has 2 aromatic heterocycles. The molecule has 1 aliphatic rings. The third-order valence-electron chi connectivity index (χ3n) is 6.08. The van der Waals surface area contributed by atoms with Crippen molar-refractivity contribution in [1.82, 2.24) is 19.5 Å². The number of fused-ring (bicyclic) bond motifs is 1. The van der Waals surface area contributed by atoms with Crippen LogP contribution in [0.25, 0.3) is 4.96 Å². The highest BCUT2D eigenvalue weighted by Crippen LogP contribution is 2.41. The number of aryl methyl sites for hydroxylation is 1. The smallest absolute Gasteiger partial charge is 0.269 e. The van der Waals surface area contributed by atoms with Gasteiger partial charge in [0.2, 0.25) is 10.8 Å². The number of hydrogen-bond acceptors (Lipinski definition) is 8. The minimum atomic E-state index is -0.407.